The van der Waals surface area contributed by atoms with E-state index in [-0.39, 0.29) is 10.8 Å². The van der Waals surface area contributed by atoms with Crippen molar-refractivity contribution in [2.45, 2.75) is 4.90 Å². The summed E-state index contributed by atoms with van der Waals surface area (Å²) in [7, 11) is -3.78. The molecule has 0 spiro atoms. The number of nitrogens with one attached hydrogen (secondary N) is 2. The van der Waals surface area contributed by atoms with E-state index in [0.717, 1.165) is 5.56 Å². The highest BCUT2D eigenvalue weighted by molar-refractivity contribution is 7.92. The number of sulfonamides is 1. The number of carbonyl (C=O) groups excluding carboxylic acids is 1. The largest absolute Gasteiger partial charge is 0.298 e. The second-order valence-corrected chi connectivity index (χ2v) is 10.5. The third-order valence-electron chi connectivity index (χ3n) is 4.46. The Hall–Kier alpha value is -2.62. The van der Waals surface area contributed by atoms with Crippen molar-refractivity contribution in [1.82, 2.24) is 4.98 Å². The molecule has 0 unspecified atom stereocenters. The summed E-state index contributed by atoms with van der Waals surface area (Å²) in [5.41, 5.74) is 2.09. The number of nitrogens with zero attached hydrogens (tertiary/aromatic N) is 1. The number of hydrogen-bond acceptors (Lipinski definition) is 5. The van der Waals surface area contributed by atoms with E-state index in [1.807, 2.05) is 0 Å². The molecule has 0 fully saturated rings. The van der Waals surface area contributed by atoms with Gasteiger partial charge in [0.2, 0.25) is 0 Å². The maximum Gasteiger partial charge on any atom is 0.261 e. The zero-order chi connectivity index (χ0) is 23.6. The minimum atomic E-state index is -3.78. The van der Waals surface area contributed by atoms with Crippen LogP contribution in [0, 0.1) is 0 Å². The Morgan fingerprint density at radius 3 is 2.24 bits per heavy atom. The summed E-state index contributed by atoms with van der Waals surface area (Å²) >= 11 is 19.1. The highest BCUT2D eigenvalue weighted by Crippen LogP contribution is 2.30. The molecular formula is C22H14Cl3N3O3S2. The van der Waals surface area contributed by atoms with Crippen molar-refractivity contribution in [1.29, 1.82) is 0 Å². The molecule has 0 radical (unpaired) electrons. The van der Waals surface area contributed by atoms with Gasteiger partial charge < -0.3 is 0 Å². The van der Waals surface area contributed by atoms with Gasteiger partial charge in [0, 0.05) is 27.2 Å². The van der Waals surface area contributed by atoms with Gasteiger partial charge in [-0.25, -0.2) is 13.4 Å². The minimum Gasteiger partial charge on any atom is -0.298 e. The molecule has 0 aliphatic rings. The Balaban J connectivity index is 1.43. The van der Waals surface area contributed by atoms with Crippen molar-refractivity contribution in [3.8, 4) is 11.3 Å². The van der Waals surface area contributed by atoms with Crippen LogP contribution in [-0.4, -0.2) is 19.3 Å². The minimum absolute atomic E-state index is 0.0790. The molecule has 0 aliphatic carbocycles. The van der Waals surface area contributed by atoms with Crippen LogP contribution in [0.3, 0.4) is 0 Å². The molecule has 0 atom stereocenters. The van der Waals surface area contributed by atoms with Crippen molar-refractivity contribution in [2.75, 3.05) is 10.0 Å². The van der Waals surface area contributed by atoms with Crippen LogP contribution in [-0.2, 0) is 10.0 Å². The number of halogens is 3. The summed E-state index contributed by atoms with van der Waals surface area (Å²) in [6.45, 7) is 0. The summed E-state index contributed by atoms with van der Waals surface area (Å²) in [5, 5.41) is 6.24. The van der Waals surface area contributed by atoms with Crippen LogP contribution in [0.2, 0.25) is 15.1 Å². The first kappa shape index (κ1) is 23.5. The van der Waals surface area contributed by atoms with E-state index >= 15 is 0 Å². The van der Waals surface area contributed by atoms with Gasteiger partial charge in [-0.1, -0.05) is 40.9 Å². The van der Waals surface area contributed by atoms with E-state index in [2.05, 4.69) is 15.0 Å². The predicted octanol–water partition coefficient (Wildman–Crippen LogP) is 6.82. The average molecular weight is 539 g/mol. The van der Waals surface area contributed by atoms with Gasteiger partial charge in [-0.15, -0.1) is 11.3 Å². The number of carbonyl (C=O) groups is 1. The molecule has 2 N–H and O–H groups in total. The lowest BCUT2D eigenvalue weighted by Crippen LogP contribution is -2.14. The summed E-state index contributed by atoms with van der Waals surface area (Å²) in [4.78, 5) is 17.1. The van der Waals surface area contributed by atoms with Gasteiger partial charge in [0.25, 0.3) is 15.9 Å². The lowest BCUT2D eigenvalue weighted by atomic mass is 10.2. The molecule has 0 saturated carbocycles. The number of amides is 1. The van der Waals surface area contributed by atoms with E-state index in [9.17, 15) is 13.2 Å². The standard InChI is InChI=1S/C22H14Cl3N3O3S2/c23-15-4-8-17(9-5-15)33(30,31)28-16-6-1-13(2-7-16)21(29)27-22-26-20(12-32-22)14-3-10-18(24)19(25)11-14/h1-12,28H,(H,26,27,29). The average Bonchev–Trinajstić information content (AvgIpc) is 3.24. The first-order chi connectivity index (χ1) is 15.7. The molecule has 6 nitrogen and oxygen atoms in total. The van der Waals surface area contributed by atoms with Gasteiger partial charge in [-0.2, -0.15) is 0 Å². The Bertz CT molecular complexity index is 1420. The Morgan fingerprint density at radius 2 is 1.58 bits per heavy atom. The zero-order valence-electron chi connectivity index (χ0n) is 16.6. The van der Waals surface area contributed by atoms with Crippen molar-refractivity contribution in [3.05, 3.63) is 92.7 Å². The van der Waals surface area contributed by atoms with Gasteiger partial charge in [0.15, 0.2) is 5.13 Å². The van der Waals surface area contributed by atoms with Crippen molar-refractivity contribution < 1.29 is 13.2 Å². The van der Waals surface area contributed by atoms with Crippen LogP contribution in [0.1, 0.15) is 10.4 Å². The zero-order valence-corrected chi connectivity index (χ0v) is 20.5. The number of hydrogen-bond donors (Lipinski definition) is 2. The molecule has 1 heterocycles. The van der Waals surface area contributed by atoms with Gasteiger partial charge in [0.05, 0.1) is 20.6 Å². The molecule has 0 bridgehead atoms. The third kappa shape index (κ3) is 5.66. The Kier molecular flexibility index (Phi) is 6.92. The number of benzene rings is 3. The molecular weight excluding hydrogens is 525 g/mol. The quantitative estimate of drug-likeness (QED) is 0.282. The fourth-order valence-corrected chi connectivity index (χ4v) is 5.00. The smallest absolute Gasteiger partial charge is 0.261 e. The van der Waals surface area contributed by atoms with Gasteiger partial charge >= 0.3 is 0 Å². The van der Waals surface area contributed by atoms with E-state index < -0.39 is 10.0 Å². The van der Waals surface area contributed by atoms with Crippen LogP contribution >= 0.6 is 46.1 Å². The summed E-state index contributed by atoms with van der Waals surface area (Å²) < 4.78 is 27.4. The molecule has 3 aromatic carbocycles. The van der Waals surface area contributed by atoms with Crippen molar-refractivity contribution in [2.24, 2.45) is 0 Å². The molecule has 4 aromatic rings. The van der Waals surface area contributed by atoms with Crippen molar-refractivity contribution >= 4 is 72.9 Å². The molecule has 0 aliphatic heterocycles. The van der Waals surface area contributed by atoms with Crippen LogP contribution in [0.5, 0.6) is 0 Å². The second kappa shape index (κ2) is 9.70. The summed E-state index contributed by atoms with van der Waals surface area (Å²) in [6, 6.07) is 17.0. The molecule has 0 saturated heterocycles. The predicted molar refractivity (Wildman–Crippen MR) is 134 cm³/mol. The second-order valence-electron chi connectivity index (χ2n) is 6.76. The monoisotopic (exact) mass is 537 g/mol. The van der Waals surface area contributed by atoms with Crippen LogP contribution < -0.4 is 10.0 Å². The Labute approximate surface area is 209 Å². The number of aromatic nitrogens is 1. The van der Waals surface area contributed by atoms with Crippen LogP contribution in [0.15, 0.2) is 77.0 Å². The van der Waals surface area contributed by atoms with Crippen LogP contribution in [0.25, 0.3) is 11.3 Å². The maximum absolute atomic E-state index is 12.6. The normalized spacial score (nSPS) is 11.2. The fraction of sp³-hybridized carbons (Fsp3) is 0. The molecule has 1 amide bonds. The van der Waals surface area contributed by atoms with Gasteiger partial charge in [-0.3, -0.25) is 14.8 Å². The SMILES string of the molecule is O=C(Nc1nc(-c2ccc(Cl)c(Cl)c2)cs1)c1ccc(NS(=O)(=O)c2ccc(Cl)cc2)cc1. The van der Waals surface area contributed by atoms with E-state index in [4.69, 9.17) is 34.8 Å². The maximum atomic E-state index is 12.6. The first-order valence-corrected chi connectivity index (χ1v) is 12.8. The first-order valence-electron chi connectivity index (χ1n) is 9.32. The highest BCUT2D eigenvalue weighted by atomic mass is 35.5. The number of thiazole rings is 1. The molecule has 168 valence electrons. The summed E-state index contributed by atoms with van der Waals surface area (Å²) in [5.74, 6) is -0.378. The topological polar surface area (TPSA) is 88.2 Å². The lowest BCUT2D eigenvalue weighted by molar-refractivity contribution is 0.102. The molecule has 33 heavy (non-hydrogen) atoms. The van der Waals surface area contributed by atoms with E-state index in [0.29, 0.717) is 37.1 Å². The summed E-state index contributed by atoms with van der Waals surface area (Å²) in [6.07, 6.45) is 0. The van der Waals surface area contributed by atoms with E-state index in [1.165, 1.54) is 59.9 Å². The molecule has 1 aromatic heterocycles. The third-order valence-corrected chi connectivity index (χ3v) is 7.61. The fourth-order valence-electron chi connectivity index (χ4n) is 2.81. The van der Waals surface area contributed by atoms with Crippen LogP contribution in [0.4, 0.5) is 10.8 Å². The van der Waals surface area contributed by atoms with Gasteiger partial charge in [-0.05, 0) is 60.7 Å². The molecule has 11 heteroatoms. The van der Waals surface area contributed by atoms with E-state index in [1.54, 1.807) is 23.6 Å². The lowest BCUT2D eigenvalue weighted by Gasteiger charge is -2.09. The Morgan fingerprint density at radius 1 is 0.879 bits per heavy atom. The number of anilines is 2. The van der Waals surface area contributed by atoms with Crippen molar-refractivity contribution in [3.63, 3.8) is 0 Å². The highest BCUT2D eigenvalue weighted by Gasteiger charge is 2.15. The van der Waals surface area contributed by atoms with Gasteiger partial charge in [0.1, 0.15) is 0 Å². The molecule has 4 rings (SSSR count). The number of rotatable bonds is 6.